The van der Waals surface area contributed by atoms with E-state index >= 15 is 0 Å². The van der Waals surface area contributed by atoms with Crippen LogP contribution in [0.1, 0.15) is 11.3 Å². The fourth-order valence-electron chi connectivity index (χ4n) is 1.70. The summed E-state index contributed by atoms with van der Waals surface area (Å²) in [6.45, 7) is 1.98. The second kappa shape index (κ2) is 4.37. The fraction of sp³-hybridized carbons (Fsp3) is 0.250. The zero-order valence-electron chi connectivity index (χ0n) is 9.10. The van der Waals surface area contributed by atoms with Gasteiger partial charge in [-0.15, -0.1) is 0 Å². The molecule has 84 valence electrons. The molecule has 0 bridgehead atoms. The van der Waals surface area contributed by atoms with Crippen LogP contribution in [0.25, 0.3) is 11.3 Å². The van der Waals surface area contributed by atoms with Crippen LogP contribution in [0.5, 0.6) is 0 Å². The highest BCUT2D eigenvalue weighted by Crippen LogP contribution is 2.28. The SMILES string of the molecule is Cc1ncoc1-c1cc(N)ccc1CCO. The molecule has 0 amide bonds. The van der Waals surface area contributed by atoms with Crippen molar-refractivity contribution in [3.63, 3.8) is 0 Å². The minimum Gasteiger partial charge on any atom is -0.443 e. The minimum atomic E-state index is 0.101. The lowest BCUT2D eigenvalue weighted by Crippen LogP contribution is -1.96. The average molecular weight is 218 g/mol. The van der Waals surface area contributed by atoms with Crippen molar-refractivity contribution in [2.24, 2.45) is 0 Å². The van der Waals surface area contributed by atoms with Crippen LogP contribution in [0.4, 0.5) is 5.69 Å². The highest BCUT2D eigenvalue weighted by molar-refractivity contribution is 5.68. The summed E-state index contributed by atoms with van der Waals surface area (Å²) in [7, 11) is 0. The van der Waals surface area contributed by atoms with Crippen molar-refractivity contribution in [2.45, 2.75) is 13.3 Å². The second-order valence-corrected chi connectivity index (χ2v) is 3.66. The van der Waals surface area contributed by atoms with E-state index < -0.39 is 0 Å². The van der Waals surface area contributed by atoms with E-state index in [1.165, 1.54) is 6.39 Å². The number of rotatable bonds is 3. The van der Waals surface area contributed by atoms with Crippen LogP contribution in [0.3, 0.4) is 0 Å². The lowest BCUT2D eigenvalue weighted by atomic mass is 10.0. The molecule has 3 N–H and O–H groups in total. The Hall–Kier alpha value is -1.81. The van der Waals surface area contributed by atoms with E-state index in [0.717, 1.165) is 22.6 Å². The Kier molecular flexibility index (Phi) is 2.92. The lowest BCUT2D eigenvalue weighted by Gasteiger charge is -2.07. The van der Waals surface area contributed by atoms with E-state index in [1.807, 2.05) is 25.1 Å². The molecule has 0 aliphatic carbocycles. The molecular formula is C12H14N2O2. The van der Waals surface area contributed by atoms with Crippen molar-refractivity contribution < 1.29 is 9.52 Å². The highest BCUT2D eigenvalue weighted by Gasteiger charge is 2.11. The topological polar surface area (TPSA) is 72.3 Å². The number of hydrogen-bond acceptors (Lipinski definition) is 4. The number of benzene rings is 1. The fourth-order valence-corrected chi connectivity index (χ4v) is 1.70. The molecule has 1 aromatic heterocycles. The molecule has 4 heteroatoms. The van der Waals surface area contributed by atoms with Gasteiger partial charge in [-0.3, -0.25) is 0 Å². The third-order valence-corrected chi connectivity index (χ3v) is 2.51. The molecule has 0 radical (unpaired) electrons. The van der Waals surface area contributed by atoms with Gasteiger partial charge in [0, 0.05) is 17.9 Å². The number of aliphatic hydroxyl groups excluding tert-OH is 1. The number of oxazole rings is 1. The predicted octanol–water partition coefficient (Wildman–Crippen LogP) is 1.77. The van der Waals surface area contributed by atoms with Gasteiger partial charge in [-0.2, -0.15) is 0 Å². The molecule has 0 aliphatic rings. The molecule has 0 unspecified atom stereocenters. The molecule has 0 saturated carbocycles. The van der Waals surface area contributed by atoms with E-state index in [-0.39, 0.29) is 6.61 Å². The first kappa shape index (κ1) is 10.7. The number of nitrogens with zero attached hydrogens (tertiary/aromatic N) is 1. The van der Waals surface area contributed by atoms with E-state index in [0.29, 0.717) is 12.1 Å². The summed E-state index contributed by atoms with van der Waals surface area (Å²) in [6, 6.07) is 5.57. The molecular weight excluding hydrogens is 204 g/mol. The maximum absolute atomic E-state index is 9.00. The van der Waals surface area contributed by atoms with Gasteiger partial charge >= 0.3 is 0 Å². The Morgan fingerprint density at radius 1 is 1.44 bits per heavy atom. The number of hydrogen-bond donors (Lipinski definition) is 2. The zero-order chi connectivity index (χ0) is 11.5. The highest BCUT2D eigenvalue weighted by atomic mass is 16.3. The molecule has 0 aliphatic heterocycles. The summed E-state index contributed by atoms with van der Waals surface area (Å²) in [5.74, 6) is 0.718. The third kappa shape index (κ3) is 1.92. The number of aromatic nitrogens is 1. The van der Waals surface area contributed by atoms with Crippen LogP contribution in [0.2, 0.25) is 0 Å². The van der Waals surface area contributed by atoms with Crippen molar-refractivity contribution in [1.82, 2.24) is 4.98 Å². The number of nitrogens with two attached hydrogens (primary N) is 1. The molecule has 1 aromatic carbocycles. The maximum atomic E-state index is 9.00. The number of aliphatic hydroxyl groups is 1. The molecule has 0 fully saturated rings. The molecule has 16 heavy (non-hydrogen) atoms. The quantitative estimate of drug-likeness (QED) is 0.770. The van der Waals surface area contributed by atoms with Gasteiger partial charge in [-0.1, -0.05) is 6.07 Å². The van der Waals surface area contributed by atoms with Crippen LogP contribution < -0.4 is 5.73 Å². The first-order chi connectivity index (χ1) is 7.72. The Balaban J connectivity index is 2.53. The molecule has 0 saturated heterocycles. The Labute approximate surface area is 93.7 Å². The van der Waals surface area contributed by atoms with Gasteiger partial charge in [0.2, 0.25) is 0 Å². The summed E-state index contributed by atoms with van der Waals surface area (Å²) < 4.78 is 5.34. The van der Waals surface area contributed by atoms with E-state index in [9.17, 15) is 0 Å². The predicted molar refractivity (Wildman–Crippen MR) is 61.9 cm³/mol. The van der Waals surface area contributed by atoms with Crippen molar-refractivity contribution in [3.8, 4) is 11.3 Å². The maximum Gasteiger partial charge on any atom is 0.181 e. The molecule has 2 aromatic rings. The monoisotopic (exact) mass is 218 g/mol. The Bertz CT molecular complexity index is 492. The molecule has 0 spiro atoms. The Morgan fingerprint density at radius 2 is 2.25 bits per heavy atom. The summed E-state index contributed by atoms with van der Waals surface area (Å²) in [4.78, 5) is 4.05. The largest absolute Gasteiger partial charge is 0.443 e. The summed E-state index contributed by atoms with van der Waals surface area (Å²) in [6.07, 6.45) is 1.99. The number of aryl methyl sites for hydroxylation is 1. The second-order valence-electron chi connectivity index (χ2n) is 3.66. The van der Waals surface area contributed by atoms with Gasteiger partial charge in [-0.25, -0.2) is 4.98 Å². The summed E-state index contributed by atoms with van der Waals surface area (Å²) >= 11 is 0. The number of nitrogen functional groups attached to an aromatic ring is 1. The van der Waals surface area contributed by atoms with Crippen molar-refractivity contribution >= 4 is 5.69 Å². The normalized spacial score (nSPS) is 10.6. The van der Waals surface area contributed by atoms with Crippen LogP contribution in [-0.4, -0.2) is 16.7 Å². The molecule has 4 nitrogen and oxygen atoms in total. The Morgan fingerprint density at radius 3 is 2.88 bits per heavy atom. The van der Waals surface area contributed by atoms with Crippen LogP contribution in [-0.2, 0) is 6.42 Å². The third-order valence-electron chi connectivity index (χ3n) is 2.51. The van der Waals surface area contributed by atoms with Gasteiger partial charge in [-0.05, 0) is 31.0 Å². The molecule has 1 heterocycles. The molecule has 0 atom stereocenters. The lowest BCUT2D eigenvalue weighted by molar-refractivity contribution is 0.299. The van der Waals surface area contributed by atoms with Gasteiger partial charge in [0.25, 0.3) is 0 Å². The van der Waals surface area contributed by atoms with Crippen LogP contribution in [0.15, 0.2) is 29.0 Å². The smallest absolute Gasteiger partial charge is 0.181 e. The van der Waals surface area contributed by atoms with Crippen molar-refractivity contribution in [3.05, 3.63) is 35.9 Å². The first-order valence-corrected chi connectivity index (χ1v) is 5.12. The minimum absolute atomic E-state index is 0.101. The van der Waals surface area contributed by atoms with Crippen molar-refractivity contribution in [2.75, 3.05) is 12.3 Å². The summed E-state index contributed by atoms with van der Waals surface area (Å²) in [5.41, 5.74) is 9.17. The van der Waals surface area contributed by atoms with Crippen LogP contribution >= 0.6 is 0 Å². The van der Waals surface area contributed by atoms with E-state index in [2.05, 4.69) is 4.98 Å². The molecule has 2 rings (SSSR count). The number of anilines is 1. The van der Waals surface area contributed by atoms with Gasteiger partial charge in [0.05, 0.1) is 5.69 Å². The zero-order valence-corrected chi connectivity index (χ0v) is 9.10. The van der Waals surface area contributed by atoms with Gasteiger partial charge in [0.15, 0.2) is 12.2 Å². The first-order valence-electron chi connectivity index (χ1n) is 5.12. The standard InChI is InChI=1S/C12H14N2O2/c1-8-12(16-7-14-8)11-6-10(13)3-2-9(11)4-5-15/h2-3,6-7,15H,4-5,13H2,1H3. The van der Waals surface area contributed by atoms with E-state index in [4.69, 9.17) is 15.3 Å². The van der Waals surface area contributed by atoms with Gasteiger partial charge < -0.3 is 15.3 Å². The summed E-state index contributed by atoms with van der Waals surface area (Å²) in [5, 5.41) is 9.00. The average Bonchev–Trinajstić information content (AvgIpc) is 2.67. The van der Waals surface area contributed by atoms with Crippen LogP contribution in [0, 0.1) is 6.92 Å². The van der Waals surface area contributed by atoms with Gasteiger partial charge in [0.1, 0.15) is 0 Å². The van der Waals surface area contributed by atoms with Crippen molar-refractivity contribution in [1.29, 1.82) is 0 Å². The van der Waals surface area contributed by atoms with E-state index in [1.54, 1.807) is 0 Å².